The van der Waals surface area contributed by atoms with Gasteiger partial charge in [0.2, 0.25) is 0 Å². The summed E-state index contributed by atoms with van der Waals surface area (Å²) in [6, 6.07) is 20.2. The lowest BCUT2D eigenvalue weighted by Crippen LogP contribution is -2.49. The number of rotatable bonds is 5. The smallest absolute Gasteiger partial charge is 0.409 e. The first-order chi connectivity index (χ1) is 17.5. The maximum absolute atomic E-state index is 13.0. The van der Waals surface area contributed by atoms with E-state index in [1.54, 1.807) is 11.0 Å². The molecule has 1 amide bonds. The summed E-state index contributed by atoms with van der Waals surface area (Å²) in [5, 5.41) is 9.21. The van der Waals surface area contributed by atoms with Crippen LogP contribution in [0.4, 0.5) is 10.5 Å². The number of carboxylic acid groups (broad SMARTS) is 1. The quantitative estimate of drug-likeness (QED) is 0.538. The second-order valence-corrected chi connectivity index (χ2v) is 9.28. The molecule has 0 unspecified atom stereocenters. The lowest BCUT2D eigenvalue weighted by molar-refractivity contribution is -0.136. The molecule has 1 N–H and O–H groups in total. The molecule has 1 saturated heterocycles. The number of carbonyl (C=O) groups is 2. The van der Waals surface area contributed by atoms with Crippen LogP contribution < -0.4 is 4.90 Å². The molecule has 3 aromatic rings. The molecule has 5 rings (SSSR count). The number of benzene rings is 3. The van der Waals surface area contributed by atoms with Gasteiger partial charge in [-0.05, 0) is 52.4 Å². The van der Waals surface area contributed by atoms with Crippen LogP contribution in [0.3, 0.4) is 0 Å². The molecule has 2 aliphatic rings. The number of terminal acetylenes is 1. The zero-order valence-electron chi connectivity index (χ0n) is 20.2. The number of anilines is 1. The minimum Gasteiger partial charge on any atom is -0.481 e. The number of carbonyl (C=O) groups excluding carboxylic acids is 1. The minimum atomic E-state index is -0.896. The molecule has 0 saturated carbocycles. The number of nitrogens with zero attached hydrogens (tertiary/aromatic N) is 2. The largest absolute Gasteiger partial charge is 0.481 e. The van der Waals surface area contributed by atoms with Crippen molar-refractivity contribution < 1.29 is 19.4 Å². The highest BCUT2D eigenvalue weighted by Gasteiger charge is 2.30. The zero-order chi connectivity index (χ0) is 25.2. The van der Waals surface area contributed by atoms with Crippen molar-refractivity contribution in [3.63, 3.8) is 0 Å². The fourth-order valence-corrected chi connectivity index (χ4v) is 5.33. The molecule has 0 spiro atoms. The summed E-state index contributed by atoms with van der Waals surface area (Å²) >= 11 is 0. The Kier molecular flexibility index (Phi) is 6.39. The van der Waals surface area contributed by atoms with Gasteiger partial charge in [0.1, 0.15) is 6.61 Å². The van der Waals surface area contributed by atoms with Gasteiger partial charge in [-0.3, -0.25) is 4.79 Å². The molecule has 0 atom stereocenters. The molecular formula is C30H28N2O4. The number of aliphatic carboxylic acids is 1. The van der Waals surface area contributed by atoms with Crippen LogP contribution in [0.5, 0.6) is 0 Å². The SMILES string of the molecule is C#Cc1cc(CC(=O)O)cc(N2CCN(C(=O)OCC3c4ccccc4-c4ccccc43)CC2)c1C. The Morgan fingerprint density at radius 2 is 1.61 bits per heavy atom. The Bertz CT molecular complexity index is 1320. The Hall–Kier alpha value is -4.24. The summed E-state index contributed by atoms with van der Waals surface area (Å²) in [5.41, 5.74) is 8.03. The van der Waals surface area contributed by atoms with Crippen molar-refractivity contribution in [1.82, 2.24) is 4.90 Å². The molecule has 0 radical (unpaired) electrons. The van der Waals surface area contributed by atoms with Gasteiger partial charge >= 0.3 is 12.1 Å². The summed E-state index contributed by atoms with van der Waals surface area (Å²) < 4.78 is 5.82. The number of fused-ring (bicyclic) bond motifs is 3. The number of amides is 1. The first-order valence-electron chi connectivity index (χ1n) is 12.1. The number of hydrogen-bond donors (Lipinski definition) is 1. The van der Waals surface area contributed by atoms with Crippen molar-refractivity contribution >= 4 is 17.7 Å². The topological polar surface area (TPSA) is 70.1 Å². The van der Waals surface area contributed by atoms with Gasteiger partial charge in [0, 0.05) is 43.3 Å². The van der Waals surface area contributed by atoms with E-state index in [4.69, 9.17) is 11.2 Å². The fraction of sp³-hybridized carbons (Fsp3) is 0.267. The molecule has 6 nitrogen and oxygen atoms in total. The van der Waals surface area contributed by atoms with Gasteiger partial charge in [0.25, 0.3) is 0 Å². The molecule has 1 aliphatic carbocycles. The summed E-state index contributed by atoms with van der Waals surface area (Å²) in [7, 11) is 0. The first kappa shape index (κ1) is 23.5. The summed E-state index contributed by atoms with van der Waals surface area (Å²) in [4.78, 5) is 28.1. The van der Waals surface area contributed by atoms with Gasteiger partial charge in [-0.25, -0.2) is 4.79 Å². The third kappa shape index (κ3) is 4.40. The molecule has 182 valence electrons. The second-order valence-electron chi connectivity index (χ2n) is 9.28. The summed E-state index contributed by atoms with van der Waals surface area (Å²) in [6.45, 7) is 4.52. The zero-order valence-corrected chi connectivity index (χ0v) is 20.2. The van der Waals surface area contributed by atoms with E-state index in [2.05, 4.69) is 35.1 Å². The van der Waals surface area contributed by atoms with Crippen LogP contribution in [-0.2, 0) is 16.0 Å². The van der Waals surface area contributed by atoms with E-state index < -0.39 is 5.97 Å². The Balaban J connectivity index is 1.24. The van der Waals surface area contributed by atoms with E-state index in [-0.39, 0.29) is 18.4 Å². The summed E-state index contributed by atoms with van der Waals surface area (Å²) in [5.74, 6) is 1.81. The highest BCUT2D eigenvalue weighted by molar-refractivity contribution is 5.79. The third-order valence-corrected chi connectivity index (χ3v) is 7.17. The average Bonchev–Trinajstić information content (AvgIpc) is 3.21. The number of carboxylic acids is 1. The summed E-state index contributed by atoms with van der Waals surface area (Å²) in [6.07, 6.45) is 5.28. The van der Waals surface area contributed by atoms with Crippen molar-refractivity contribution in [2.45, 2.75) is 19.3 Å². The van der Waals surface area contributed by atoms with Gasteiger partial charge < -0.3 is 19.6 Å². The van der Waals surface area contributed by atoms with Crippen molar-refractivity contribution in [2.75, 3.05) is 37.7 Å². The van der Waals surface area contributed by atoms with Crippen LogP contribution in [0, 0.1) is 19.3 Å². The predicted octanol–water partition coefficient (Wildman–Crippen LogP) is 4.67. The number of ether oxygens (including phenoxy) is 1. The van der Waals surface area contributed by atoms with Gasteiger partial charge in [0.05, 0.1) is 6.42 Å². The van der Waals surface area contributed by atoms with Crippen LogP contribution in [0.1, 0.15) is 33.7 Å². The van der Waals surface area contributed by atoms with Crippen LogP contribution in [0.15, 0.2) is 60.7 Å². The molecule has 1 heterocycles. The third-order valence-electron chi connectivity index (χ3n) is 7.17. The van der Waals surface area contributed by atoms with E-state index in [1.165, 1.54) is 22.3 Å². The molecular weight excluding hydrogens is 452 g/mol. The Morgan fingerprint density at radius 1 is 1.00 bits per heavy atom. The number of piperazine rings is 1. The Morgan fingerprint density at radius 3 is 2.19 bits per heavy atom. The normalized spacial score (nSPS) is 14.7. The molecule has 6 heteroatoms. The van der Waals surface area contributed by atoms with Gasteiger partial charge in [-0.15, -0.1) is 6.42 Å². The monoisotopic (exact) mass is 480 g/mol. The van der Waals surface area contributed by atoms with E-state index >= 15 is 0 Å². The molecule has 1 aliphatic heterocycles. The maximum atomic E-state index is 13.0. The highest BCUT2D eigenvalue weighted by atomic mass is 16.6. The maximum Gasteiger partial charge on any atom is 0.409 e. The van der Waals surface area contributed by atoms with Crippen molar-refractivity contribution in [1.29, 1.82) is 0 Å². The number of hydrogen-bond acceptors (Lipinski definition) is 4. The molecule has 3 aromatic carbocycles. The fourth-order valence-electron chi connectivity index (χ4n) is 5.33. The van der Waals surface area contributed by atoms with Crippen LogP contribution in [0.25, 0.3) is 11.1 Å². The van der Waals surface area contributed by atoms with Gasteiger partial charge in [-0.2, -0.15) is 0 Å². The lowest BCUT2D eigenvalue weighted by Gasteiger charge is -2.36. The Labute approximate surface area is 211 Å². The first-order valence-corrected chi connectivity index (χ1v) is 12.1. The predicted molar refractivity (Wildman–Crippen MR) is 139 cm³/mol. The van der Waals surface area contributed by atoms with E-state index in [0.29, 0.717) is 43.9 Å². The molecule has 36 heavy (non-hydrogen) atoms. The van der Waals surface area contributed by atoms with E-state index in [0.717, 1.165) is 11.3 Å². The molecule has 0 aromatic heterocycles. The van der Waals surface area contributed by atoms with Gasteiger partial charge in [-0.1, -0.05) is 54.5 Å². The average molecular weight is 481 g/mol. The molecule has 0 bridgehead atoms. The minimum absolute atomic E-state index is 0.0319. The second kappa shape index (κ2) is 9.79. The highest BCUT2D eigenvalue weighted by Crippen LogP contribution is 2.44. The molecule has 1 fully saturated rings. The van der Waals surface area contributed by atoms with Crippen LogP contribution in [0.2, 0.25) is 0 Å². The standard InChI is InChI=1S/C30H28N2O4/c1-3-22-16-21(18-29(33)34)17-28(20(22)2)31-12-14-32(15-13-31)30(35)36-19-27-25-10-6-4-8-23(25)24-9-5-7-11-26(24)27/h1,4-11,16-17,27H,12-15,18-19H2,2H3,(H,33,34). The van der Waals surface area contributed by atoms with Crippen molar-refractivity contribution in [3.8, 4) is 23.5 Å². The lowest BCUT2D eigenvalue weighted by atomic mass is 9.98. The van der Waals surface area contributed by atoms with E-state index in [1.807, 2.05) is 37.3 Å². The van der Waals surface area contributed by atoms with Crippen LogP contribution in [-0.4, -0.2) is 54.9 Å². The van der Waals surface area contributed by atoms with E-state index in [9.17, 15) is 14.7 Å². The van der Waals surface area contributed by atoms with Crippen molar-refractivity contribution in [2.24, 2.45) is 0 Å². The van der Waals surface area contributed by atoms with Gasteiger partial charge in [0.15, 0.2) is 0 Å². The van der Waals surface area contributed by atoms with Crippen molar-refractivity contribution in [3.05, 3.63) is 88.5 Å². The van der Waals surface area contributed by atoms with Crippen LogP contribution >= 0.6 is 0 Å².